The number of carbonyl (C=O) groups is 2. The maximum atomic E-state index is 12.6. The predicted octanol–water partition coefficient (Wildman–Crippen LogP) is 0.717. The summed E-state index contributed by atoms with van der Waals surface area (Å²) in [4.78, 5) is 26.5. The molecule has 0 aromatic heterocycles. The van der Waals surface area contributed by atoms with E-state index in [1.807, 2.05) is 20.8 Å². The lowest BCUT2D eigenvalue weighted by molar-refractivity contribution is -0.158. The summed E-state index contributed by atoms with van der Waals surface area (Å²) >= 11 is 0. The fraction of sp³-hybridized carbons (Fsp3) is 0.857. The third-order valence-corrected chi connectivity index (χ3v) is 6.14. The minimum atomic E-state index is -3.18. The predicted molar refractivity (Wildman–Crippen MR) is 81.6 cm³/mol. The smallest absolute Gasteiger partial charge is 0.246 e. The number of piperazine rings is 1. The van der Waals surface area contributed by atoms with Crippen LogP contribution in [0.5, 0.6) is 0 Å². The standard InChI is InChI=1S/C14H26N2O4S/c1-5-11-12(17)16(9-10-21(19,20)8-4)14(6-2,7-3)13(18)15-11/h11H,5-10H2,1-4H3,(H,15,18). The van der Waals surface area contributed by atoms with Gasteiger partial charge in [0.2, 0.25) is 11.8 Å². The molecular formula is C14H26N2O4S. The zero-order chi connectivity index (χ0) is 16.3. The van der Waals surface area contributed by atoms with Crippen LogP contribution in [0, 0.1) is 0 Å². The van der Waals surface area contributed by atoms with Gasteiger partial charge < -0.3 is 10.2 Å². The van der Waals surface area contributed by atoms with Gasteiger partial charge in [0.25, 0.3) is 0 Å². The summed E-state index contributed by atoms with van der Waals surface area (Å²) < 4.78 is 23.5. The number of carbonyl (C=O) groups excluding carboxylic acids is 2. The Morgan fingerprint density at radius 1 is 1.14 bits per heavy atom. The molecule has 0 bridgehead atoms. The summed E-state index contributed by atoms with van der Waals surface area (Å²) in [5.41, 5.74) is -0.925. The van der Waals surface area contributed by atoms with Gasteiger partial charge in [0, 0.05) is 12.3 Å². The van der Waals surface area contributed by atoms with E-state index in [1.165, 1.54) is 4.90 Å². The molecule has 6 nitrogen and oxygen atoms in total. The summed E-state index contributed by atoms with van der Waals surface area (Å²) in [7, 11) is -3.18. The number of amides is 2. The Morgan fingerprint density at radius 2 is 1.71 bits per heavy atom. The van der Waals surface area contributed by atoms with Crippen LogP contribution in [0.1, 0.15) is 47.0 Å². The van der Waals surface area contributed by atoms with E-state index < -0.39 is 21.4 Å². The van der Waals surface area contributed by atoms with Crippen molar-refractivity contribution in [3.63, 3.8) is 0 Å². The van der Waals surface area contributed by atoms with Crippen LogP contribution in [0.15, 0.2) is 0 Å². The van der Waals surface area contributed by atoms with Crippen LogP contribution < -0.4 is 5.32 Å². The topological polar surface area (TPSA) is 83.6 Å². The molecule has 1 aliphatic rings. The van der Waals surface area contributed by atoms with Crippen molar-refractivity contribution < 1.29 is 18.0 Å². The normalized spacial score (nSPS) is 22.3. The highest BCUT2D eigenvalue weighted by atomic mass is 32.2. The van der Waals surface area contributed by atoms with Gasteiger partial charge in [-0.2, -0.15) is 0 Å². The molecule has 0 radical (unpaired) electrons. The fourth-order valence-corrected chi connectivity index (χ4v) is 3.55. The van der Waals surface area contributed by atoms with E-state index in [1.54, 1.807) is 6.92 Å². The minimum Gasteiger partial charge on any atom is -0.342 e. The summed E-state index contributed by atoms with van der Waals surface area (Å²) in [5, 5.41) is 2.77. The van der Waals surface area contributed by atoms with Gasteiger partial charge in [-0.15, -0.1) is 0 Å². The first-order valence-corrected chi connectivity index (χ1v) is 9.42. The first kappa shape index (κ1) is 17.9. The van der Waals surface area contributed by atoms with Gasteiger partial charge in [-0.25, -0.2) is 8.42 Å². The van der Waals surface area contributed by atoms with Crippen molar-refractivity contribution in [2.75, 3.05) is 18.1 Å². The van der Waals surface area contributed by atoms with Crippen molar-refractivity contribution in [1.82, 2.24) is 10.2 Å². The van der Waals surface area contributed by atoms with Crippen LogP contribution in [0.2, 0.25) is 0 Å². The van der Waals surface area contributed by atoms with Gasteiger partial charge in [0.15, 0.2) is 9.84 Å². The lowest BCUT2D eigenvalue weighted by atomic mass is 9.85. The maximum Gasteiger partial charge on any atom is 0.246 e. The molecule has 1 N–H and O–H groups in total. The molecule has 1 unspecified atom stereocenters. The van der Waals surface area contributed by atoms with Crippen molar-refractivity contribution in [1.29, 1.82) is 0 Å². The zero-order valence-electron chi connectivity index (χ0n) is 13.3. The van der Waals surface area contributed by atoms with E-state index in [2.05, 4.69) is 5.32 Å². The molecule has 0 saturated carbocycles. The monoisotopic (exact) mass is 318 g/mol. The number of nitrogens with zero attached hydrogens (tertiary/aromatic N) is 1. The third-order valence-electron chi connectivity index (χ3n) is 4.45. The molecule has 0 aromatic carbocycles. The summed E-state index contributed by atoms with van der Waals surface area (Å²) in [6, 6.07) is -0.548. The lowest BCUT2D eigenvalue weighted by Crippen LogP contribution is -2.70. The molecule has 0 aliphatic carbocycles. The van der Waals surface area contributed by atoms with Crippen molar-refractivity contribution in [2.45, 2.75) is 58.5 Å². The van der Waals surface area contributed by atoms with Crippen molar-refractivity contribution in [2.24, 2.45) is 0 Å². The number of hydrogen-bond donors (Lipinski definition) is 1. The van der Waals surface area contributed by atoms with Crippen LogP contribution in [0.25, 0.3) is 0 Å². The van der Waals surface area contributed by atoms with Crippen molar-refractivity contribution in [3.05, 3.63) is 0 Å². The van der Waals surface area contributed by atoms with Crippen molar-refractivity contribution >= 4 is 21.7 Å². The fourth-order valence-electron chi connectivity index (χ4n) is 2.80. The highest BCUT2D eigenvalue weighted by Crippen LogP contribution is 2.29. The van der Waals surface area contributed by atoms with E-state index in [4.69, 9.17) is 0 Å². The Morgan fingerprint density at radius 3 is 2.14 bits per heavy atom. The van der Waals surface area contributed by atoms with Gasteiger partial charge >= 0.3 is 0 Å². The van der Waals surface area contributed by atoms with Gasteiger partial charge in [-0.05, 0) is 19.3 Å². The number of nitrogens with one attached hydrogen (secondary N) is 1. The Bertz CT molecular complexity index is 497. The molecule has 1 heterocycles. The molecular weight excluding hydrogens is 292 g/mol. The van der Waals surface area contributed by atoms with Crippen LogP contribution in [0.4, 0.5) is 0 Å². The lowest BCUT2D eigenvalue weighted by Gasteiger charge is -2.47. The Hall–Kier alpha value is -1.11. The maximum absolute atomic E-state index is 12.6. The van der Waals surface area contributed by atoms with Gasteiger partial charge in [0.05, 0.1) is 5.75 Å². The zero-order valence-corrected chi connectivity index (χ0v) is 14.1. The van der Waals surface area contributed by atoms with Gasteiger partial charge in [-0.1, -0.05) is 27.7 Å². The quantitative estimate of drug-likeness (QED) is 0.749. The molecule has 1 rings (SSSR count). The molecule has 122 valence electrons. The highest BCUT2D eigenvalue weighted by molar-refractivity contribution is 7.91. The summed E-state index contributed by atoms with van der Waals surface area (Å²) in [6.45, 7) is 7.20. The molecule has 21 heavy (non-hydrogen) atoms. The molecule has 0 spiro atoms. The average Bonchev–Trinajstić information content (AvgIpc) is 2.47. The van der Waals surface area contributed by atoms with Crippen LogP contribution >= 0.6 is 0 Å². The number of hydrogen-bond acceptors (Lipinski definition) is 4. The van der Waals surface area contributed by atoms with E-state index >= 15 is 0 Å². The first-order valence-electron chi connectivity index (χ1n) is 7.60. The van der Waals surface area contributed by atoms with E-state index in [0.29, 0.717) is 19.3 Å². The Kier molecular flexibility index (Phi) is 5.78. The molecule has 7 heteroatoms. The molecule has 2 amide bonds. The minimum absolute atomic E-state index is 0.0453. The van der Waals surface area contributed by atoms with E-state index in [9.17, 15) is 18.0 Å². The first-order chi connectivity index (χ1) is 9.77. The SMILES string of the molecule is CCC1NC(=O)C(CC)(CC)N(CCS(=O)(=O)CC)C1=O. The Balaban J connectivity index is 3.10. The van der Waals surface area contributed by atoms with Crippen LogP contribution in [-0.4, -0.2) is 54.8 Å². The van der Waals surface area contributed by atoms with E-state index in [-0.39, 0.29) is 29.9 Å². The van der Waals surface area contributed by atoms with Gasteiger partial charge in [0.1, 0.15) is 11.6 Å². The summed E-state index contributed by atoms with van der Waals surface area (Å²) in [6.07, 6.45) is 1.46. The molecule has 1 fully saturated rings. The second-order valence-electron chi connectivity index (χ2n) is 5.40. The second-order valence-corrected chi connectivity index (χ2v) is 7.87. The molecule has 0 aromatic rings. The van der Waals surface area contributed by atoms with Crippen molar-refractivity contribution in [3.8, 4) is 0 Å². The van der Waals surface area contributed by atoms with E-state index in [0.717, 1.165) is 0 Å². The van der Waals surface area contributed by atoms with Gasteiger partial charge in [-0.3, -0.25) is 9.59 Å². The largest absolute Gasteiger partial charge is 0.342 e. The molecule has 1 saturated heterocycles. The number of rotatable bonds is 7. The molecule has 1 atom stereocenters. The number of sulfone groups is 1. The molecule has 1 aliphatic heterocycles. The Labute approximate surface area is 127 Å². The van der Waals surface area contributed by atoms with Crippen LogP contribution in [0.3, 0.4) is 0 Å². The van der Waals surface area contributed by atoms with Crippen LogP contribution in [-0.2, 0) is 19.4 Å². The second kappa shape index (κ2) is 6.77. The highest BCUT2D eigenvalue weighted by Gasteiger charge is 2.49. The average molecular weight is 318 g/mol. The third kappa shape index (κ3) is 3.39. The summed E-state index contributed by atoms with van der Waals surface area (Å²) in [5.74, 6) is -0.398.